The third-order valence-electron chi connectivity index (χ3n) is 3.79. The van der Waals surface area contributed by atoms with E-state index in [1.54, 1.807) is 12.1 Å². The van der Waals surface area contributed by atoms with Crippen LogP contribution in [0.5, 0.6) is 0 Å². The van der Waals surface area contributed by atoms with Crippen molar-refractivity contribution in [2.24, 2.45) is 0 Å². The molecule has 1 saturated heterocycles. The summed E-state index contributed by atoms with van der Waals surface area (Å²) in [7, 11) is 0. The summed E-state index contributed by atoms with van der Waals surface area (Å²) in [5, 5.41) is 3.26. The molecule has 0 unspecified atom stereocenters. The highest BCUT2D eigenvalue weighted by Crippen LogP contribution is 2.22. The van der Waals surface area contributed by atoms with Gasteiger partial charge in [-0.25, -0.2) is 4.79 Å². The average molecular weight is 325 g/mol. The smallest absolute Gasteiger partial charge is 0.317 e. The summed E-state index contributed by atoms with van der Waals surface area (Å²) in [5.41, 5.74) is -0.479. The van der Waals surface area contributed by atoms with Gasteiger partial charge in [0.25, 0.3) is 11.1 Å². The molecule has 0 bridgehead atoms. The van der Waals surface area contributed by atoms with Gasteiger partial charge >= 0.3 is 5.69 Å². The van der Waals surface area contributed by atoms with Gasteiger partial charge in [0, 0.05) is 17.8 Å². The first-order valence-corrected chi connectivity index (χ1v) is 6.91. The molecule has 118 valence electrons. The standard InChI is InChI=1S/C14H16N4O3.ClH/c19-12-5-8-18(14(21)17-12)11-2-1-10(13(20)16-11)9-3-6-15-7-4-9;/h1-2,5,8-9,15H,3-4,6-7H2,(H,16,20)(H,17,19,21);1H. The Morgan fingerprint density at radius 1 is 1.00 bits per heavy atom. The van der Waals surface area contributed by atoms with Crippen LogP contribution < -0.4 is 22.1 Å². The van der Waals surface area contributed by atoms with E-state index in [9.17, 15) is 14.4 Å². The number of aromatic nitrogens is 3. The van der Waals surface area contributed by atoms with E-state index < -0.39 is 11.2 Å². The minimum Gasteiger partial charge on any atom is -0.317 e. The van der Waals surface area contributed by atoms with Gasteiger partial charge in [0.05, 0.1) is 0 Å². The second kappa shape index (κ2) is 6.76. The number of hydrogen-bond acceptors (Lipinski definition) is 4. The third-order valence-corrected chi connectivity index (χ3v) is 3.79. The maximum Gasteiger partial charge on any atom is 0.334 e. The van der Waals surface area contributed by atoms with Crippen LogP contribution in [0.15, 0.2) is 38.8 Å². The molecule has 0 spiro atoms. The number of pyridine rings is 1. The summed E-state index contributed by atoms with van der Waals surface area (Å²) in [6.07, 6.45) is 3.21. The molecule has 2 aromatic heterocycles. The number of H-pyrrole nitrogens is 2. The Bertz CT molecular complexity index is 818. The summed E-state index contributed by atoms with van der Waals surface area (Å²) in [6.45, 7) is 1.82. The van der Waals surface area contributed by atoms with Gasteiger partial charge in [-0.05, 0) is 44.0 Å². The third kappa shape index (κ3) is 3.20. The van der Waals surface area contributed by atoms with Crippen molar-refractivity contribution in [3.05, 3.63) is 61.2 Å². The molecule has 7 nitrogen and oxygen atoms in total. The van der Waals surface area contributed by atoms with Gasteiger partial charge in [0.2, 0.25) is 0 Å². The van der Waals surface area contributed by atoms with E-state index in [4.69, 9.17) is 0 Å². The predicted octanol–water partition coefficient (Wildman–Crippen LogP) is 0.103. The van der Waals surface area contributed by atoms with Crippen molar-refractivity contribution < 1.29 is 0 Å². The lowest BCUT2D eigenvalue weighted by atomic mass is 9.91. The summed E-state index contributed by atoms with van der Waals surface area (Å²) in [4.78, 5) is 39.9. The van der Waals surface area contributed by atoms with E-state index in [0.29, 0.717) is 5.82 Å². The van der Waals surface area contributed by atoms with Gasteiger partial charge in [0.15, 0.2) is 0 Å². The van der Waals surface area contributed by atoms with Crippen LogP contribution in [0, 0.1) is 0 Å². The first-order chi connectivity index (χ1) is 10.1. The van der Waals surface area contributed by atoms with E-state index in [0.717, 1.165) is 31.5 Å². The largest absolute Gasteiger partial charge is 0.334 e. The molecule has 0 aliphatic carbocycles. The van der Waals surface area contributed by atoms with Gasteiger partial charge in [-0.3, -0.25) is 19.1 Å². The Morgan fingerprint density at radius 2 is 1.73 bits per heavy atom. The number of piperidine rings is 1. The number of nitrogens with one attached hydrogen (secondary N) is 3. The SMILES string of the molecule is Cl.O=c1ccn(-c2ccc(C3CCNCC3)c(=O)[nH]2)c(=O)[nH]1. The van der Waals surface area contributed by atoms with E-state index in [1.165, 1.54) is 16.8 Å². The topological polar surface area (TPSA) is 99.8 Å². The van der Waals surface area contributed by atoms with Gasteiger partial charge < -0.3 is 10.3 Å². The van der Waals surface area contributed by atoms with E-state index in [-0.39, 0.29) is 23.9 Å². The normalized spacial score (nSPS) is 15.3. The van der Waals surface area contributed by atoms with Gasteiger partial charge in [0.1, 0.15) is 5.82 Å². The minimum atomic E-state index is -0.576. The average Bonchev–Trinajstić information content (AvgIpc) is 2.48. The molecule has 3 N–H and O–H groups in total. The van der Waals surface area contributed by atoms with Crippen LogP contribution in [0.25, 0.3) is 5.82 Å². The van der Waals surface area contributed by atoms with Crippen molar-refractivity contribution in [3.63, 3.8) is 0 Å². The molecule has 0 amide bonds. The molecule has 1 aliphatic rings. The molecule has 8 heteroatoms. The molecule has 3 rings (SSSR count). The highest BCUT2D eigenvalue weighted by Gasteiger charge is 2.18. The Balaban J connectivity index is 0.00000176. The van der Waals surface area contributed by atoms with Crippen LogP contribution in [0.3, 0.4) is 0 Å². The van der Waals surface area contributed by atoms with Crippen LogP contribution in [0.2, 0.25) is 0 Å². The lowest BCUT2D eigenvalue weighted by Crippen LogP contribution is -2.31. The van der Waals surface area contributed by atoms with Crippen molar-refractivity contribution in [2.75, 3.05) is 13.1 Å². The Hall–Kier alpha value is -2.12. The summed E-state index contributed by atoms with van der Waals surface area (Å²) < 4.78 is 1.20. The predicted molar refractivity (Wildman–Crippen MR) is 85.4 cm³/mol. The van der Waals surface area contributed by atoms with Crippen LogP contribution >= 0.6 is 12.4 Å². The molecule has 22 heavy (non-hydrogen) atoms. The quantitative estimate of drug-likeness (QED) is 0.729. The molecule has 0 atom stereocenters. The fourth-order valence-electron chi connectivity index (χ4n) is 2.68. The lowest BCUT2D eigenvalue weighted by molar-refractivity contribution is 0.457. The zero-order chi connectivity index (χ0) is 14.8. The number of hydrogen-bond donors (Lipinski definition) is 3. The number of rotatable bonds is 2. The Morgan fingerprint density at radius 3 is 2.36 bits per heavy atom. The zero-order valence-corrected chi connectivity index (χ0v) is 12.6. The second-order valence-electron chi connectivity index (χ2n) is 5.13. The molecule has 1 aliphatic heterocycles. The molecule has 3 heterocycles. The monoisotopic (exact) mass is 324 g/mol. The van der Waals surface area contributed by atoms with Crippen molar-refractivity contribution in [2.45, 2.75) is 18.8 Å². The second-order valence-corrected chi connectivity index (χ2v) is 5.13. The van der Waals surface area contributed by atoms with Crippen LogP contribution in [0.4, 0.5) is 0 Å². The van der Waals surface area contributed by atoms with Crippen molar-refractivity contribution in [1.29, 1.82) is 0 Å². The fourth-order valence-corrected chi connectivity index (χ4v) is 2.68. The zero-order valence-electron chi connectivity index (χ0n) is 11.8. The summed E-state index contributed by atoms with van der Waals surface area (Å²) in [6, 6.07) is 4.70. The van der Waals surface area contributed by atoms with E-state index in [2.05, 4.69) is 15.3 Å². The maximum atomic E-state index is 12.2. The Labute approximate surface area is 131 Å². The maximum absolute atomic E-state index is 12.2. The van der Waals surface area contributed by atoms with E-state index >= 15 is 0 Å². The lowest BCUT2D eigenvalue weighted by Gasteiger charge is -2.22. The molecular weight excluding hydrogens is 308 g/mol. The first kappa shape index (κ1) is 16.3. The molecule has 1 fully saturated rings. The first-order valence-electron chi connectivity index (χ1n) is 6.91. The van der Waals surface area contributed by atoms with Crippen molar-refractivity contribution >= 4 is 12.4 Å². The Kier molecular flexibility index (Phi) is 4.99. The molecular formula is C14H17ClN4O3. The molecule has 2 aromatic rings. The summed E-state index contributed by atoms with van der Waals surface area (Å²) in [5.74, 6) is 0.593. The van der Waals surface area contributed by atoms with E-state index in [1.807, 2.05) is 0 Å². The molecule has 0 saturated carbocycles. The number of aromatic amines is 2. The van der Waals surface area contributed by atoms with Crippen LogP contribution in [-0.4, -0.2) is 27.6 Å². The highest BCUT2D eigenvalue weighted by molar-refractivity contribution is 5.85. The van der Waals surface area contributed by atoms with Gasteiger partial charge in [-0.15, -0.1) is 12.4 Å². The minimum absolute atomic E-state index is 0. The molecule has 0 aromatic carbocycles. The summed E-state index contributed by atoms with van der Waals surface area (Å²) >= 11 is 0. The number of halogens is 1. The fraction of sp³-hybridized carbons (Fsp3) is 0.357. The number of nitrogens with zero attached hydrogens (tertiary/aromatic N) is 1. The van der Waals surface area contributed by atoms with Gasteiger partial charge in [-0.2, -0.15) is 0 Å². The molecule has 0 radical (unpaired) electrons. The van der Waals surface area contributed by atoms with Crippen LogP contribution in [0.1, 0.15) is 24.3 Å². The van der Waals surface area contributed by atoms with Crippen LogP contribution in [-0.2, 0) is 0 Å². The van der Waals surface area contributed by atoms with Gasteiger partial charge in [-0.1, -0.05) is 0 Å². The highest BCUT2D eigenvalue weighted by atomic mass is 35.5. The van der Waals surface area contributed by atoms with Crippen molar-refractivity contribution in [1.82, 2.24) is 19.9 Å². The van der Waals surface area contributed by atoms with Crippen molar-refractivity contribution in [3.8, 4) is 5.82 Å².